The second-order valence-electron chi connectivity index (χ2n) is 5.94. The highest BCUT2D eigenvalue weighted by atomic mass is 16.1. The smallest absolute Gasteiger partial charge is 0.223 e. The fourth-order valence-corrected chi connectivity index (χ4v) is 2.31. The van der Waals surface area contributed by atoms with E-state index in [-0.39, 0.29) is 17.9 Å². The van der Waals surface area contributed by atoms with Gasteiger partial charge in [-0.25, -0.2) is 0 Å². The molecule has 3 heteroatoms. The minimum absolute atomic E-state index is 0.0143. The van der Waals surface area contributed by atoms with Crippen LogP contribution in [0.4, 0.5) is 0 Å². The van der Waals surface area contributed by atoms with Crippen molar-refractivity contribution < 1.29 is 4.79 Å². The van der Waals surface area contributed by atoms with Gasteiger partial charge in [0.15, 0.2) is 0 Å². The third-order valence-corrected chi connectivity index (χ3v) is 4.14. The van der Waals surface area contributed by atoms with Crippen LogP contribution >= 0.6 is 0 Å². The number of fused-ring (bicyclic) bond motifs is 1. The molecule has 0 aliphatic rings. The number of carbonyl (C=O) groups is 1. The Labute approximate surface area is 126 Å². The maximum absolute atomic E-state index is 12.2. The lowest BCUT2D eigenvalue weighted by atomic mass is 9.96. The molecule has 1 amide bonds. The van der Waals surface area contributed by atoms with Crippen LogP contribution in [0.3, 0.4) is 0 Å². The number of hydrogen-bond donors (Lipinski definition) is 2. The van der Waals surface area contributed by atoms with Crippen LogP contribution in [-0.2, 0) is 4.79 Å². The van der Waals surface area contributed by atoms with Crippen LogP contribution < -0.4 is 11.1 Å². The lowest BCUT2D eigenvalue weighted by Crippen LogP contribution is -2.38. The van der Waals surface area contributed by atoms with Gasteiger partial charge in [0.25, 0.3) is 0 Å². The Balaban J connectivity index is 2.21. The minimum Gasteiger partial charge on any atom is -0.348 e. The topological polar surface area (TPSA) is 55.1 Å². The summed E-state index contributed by atoms with van der Waals surface area (Å²) in [6, 6.07) is 14.3. The Morgan fingerprint density at radius 1 is 1.10 bits per heavy atom. The summed E-state index contributed by atoms with van der Waals surface area (Å²) < 4.78 is 0. The van der Waals surface area contributed by atoms with E-state index < -0.39 is 0 Å². The Hall–Kier alpha value is -1.87. The molecule has 2 atom stereocenters. The van der Waals surface area contributed by atoms with Gasteiger partial charge < -0.3 is 11.1 Å². The molecule has 0 saturated carbocycles. The minimum atomic E-state index is -0.136. The Morgan fingerprint density at radius 3 is 2.38 bits per heavy atom. The molecule has 0 aromatic heterocycles. The summed E-state index contributed by atoms with van der Waals surface area (Å²) in [5.41, 5.74) is 6.91. The molecule has 21 heavy (non-hydrogen) atoms. The van der Waals surface area contributed by atoms with Gasteiger partial charge in [-0.1, -0.05) is 57.2 Å². The van der Waals surface area contributed by atoms with E-state index in [1.165, 1.54) is 10.8 Å². The normalized spacial score (nSPS) is 14.1. The van der Waals surface area contributed by atoms with Gasteiger partial charge >= 0.3 is 0 Å². The fraction of sp³-hybridized carbons (Fsp3) is 0.389. The first-order valence-electron chi connectivity index (χ1n) is 7.52. The molecule has 0 heterocycles. The average Bonchev–Trinajstić information content (AvgIpc) is 2.51. The highest BCUT2D eigenvalue weighted by molar-refractivity contribution is 5.83. The number of nitrogens with one attached hydrogen (secondary N) is 1. The van der Waals surface area contributed by atoms with Crippen LogP contribution in [0.2, 0.25) is 0 Å². The predicted octanol–water partition coefficient (Wildman–Crippen LogP) is 3.25. The molecule has 0 bridgehead atoms. The SMILES string of the molecule is CC(C)C(C)C(=O)NC(CN)c1ccc2ccccc2c1. The van der Waals surface area contributed by atoms with Crippen molar-refractivity contribution in [2.24, 2.45) is 17.6 Å². The summed E-state index contributed by atoms with van der Waals surface area (Å²) in [7, 11) is 0. The lowest BCUT2D eigenvalue weighted by Gasteiger charge is -2.22. The highest BCUT2D eigenvalue weighted by Gasteiger charge is 2.20. The lowest BCUT2D eigenvalue weighted by molar-refractivity contribution is -0.126. The van der Waals surface area contributed by atoms with Crippen molar-refractivity contribution in [3.63, 3.8) is 0 Å². The van der Waals surface area contributed by atoms with Gasteiger partial charge in [0.05, 0.1) is 6.04 Å². The maximum atomic E-state index is 12.2. The number of carbonyl (C=O) groups excluding carboxylic acids is 1. The van der Waals surface area contributed by atoms with Gasteiger partial charge in [0.1, 0.15) is 0 Å². The molecule has 3 N–H and O–H groups in total. The number of benzene rings is 2. The van der Waals surface area contributed by atoms with Crippen molar-refractivity contribution in [3.05, 3.63) is 48.0 Å². The van der Waals surface area contributed by atoms with Gasteiger partial charge in [0.2, 0.25) is 5.91 Å². The van der Waals surface area contributed by atoms with E-state index in [1.807, 2.05) is 25.1 Å². The van der Waals surface area contributed by atoms with Gasteiger partial charge in [-0.05, 0) is 28.3 Å². The van der Waals surface area contributed by atoms with E-state index in [0.29, 0.717) is 12.5 Å². The second-order valence-corrected chi connectivity index (χ2v) is 5.94. The van der Waals surface area contributed by atoms with Crippen LogP contribution in [0.25, 0.3) is 10.8 Å². The molecular weight excluding hydrogens is 260 g/mol. The number of hydrogen-bond acceptors (Lipinski definition) is 2. The highest BCUT2D eigenvalue weighted by Crippen LogP contribution is 2.21. The standard InChI is InChI=1S/C18H24N2O/c1-12(2)13(3)18(21)20-17(11-19)16-9-8-14-6-4-5-7-15(14)10-16/h4-10,12-13,17H,11,19H2,1-3H3,(H,20,21). The summed E-state index contributed by atoms with van der Waals surface area (Å²) in [5.74, 6) is 0.369. The van der Waals surface area contributed by atoms with E-state index >= 15 is 0 Å². The van der Waals surface area contributed by atoms with Gasteiger partial charge in [-0.15, -0.1) is 0 Å². The van der Waals surface area contributed by atoms with Gasteiger partial charge in [-0.2, -0.15) is 0 Å². The summed E-state index contributed by atoms with van der Waals surface area (Å²) in [6.07, 6.45) is 0. The second kappa shape index (κ2) is 6.72. The van der Waals surface area contributed by atoms with Crippen LogP contribution in [0.15, 0.2) is 42.5 Å². The third kappa shape index (κ3) is 3.61. The Kier molecular flexibility index (Phi) is 4.97. The van der Waals surface area contributed by atoms with Crippen LogP contribution in [-0.4, -0.2) is 12.5 Å². The maximum Gasteiger partial charge on any atom is 0.223 e. The van der Waals surface area contributed by atoms with Crippen molar-refractivity contribution in [1.82, 2.24) is 5.32 Å². The zero-order valence-electron chi connectivity index (χ0n) is 13.0. The molecule has 2 unspecified atom stereocenters. The zero-order valence-corrected chi connectivity index (χ0v) is 13.0. The van der Waals surface area contributed by atoms with E-state index in [2.05, 4.69) is 43.4 Å². The molecule has 2 rings (SSSR count). The summed E-state index contributed by atoms with van der Waals surface area (Å²) in [6.45, 7) is 6.46. The Bertz CT molecular complexity index is 621. The molecule has 2 aromatic rings. The molecule has 0 saturated heterocycles. The van der Waals surface area contributed by atoms with Gasteiger partial charge in [0, 0.05) is 12.5 Å². The first kappa shape index (κ1) is 15.5. The summed E-state index contributed by atoms with van der Waals surface area (Å²) in [5, 5.41) is 5.42. The number of rotatable bonds is 5. The molecule has 3 nitrogen and oxygen atoms in total. The monoisotopic (exact) mass is 284 g/mol. The summed E-state index contributed by atoms with van der Waals surface area (Å²) >= 11 is 0. The number of nitrogens with two attached hydrogens (primary N) is 1. The van der Waals surface area contributed by atoms with Crippen molar-refractivity contribution in [2.75, 3.05) is 6.54 Å². The van der Waals surface area contributed by atoms with E-state index in [9.17, 15) is 4.79 Å². The molecule has 0 fully saturated rings. The average molecular weight is 284 g/mol. The van der Waals surface area contributed by atoms with Crippen LogP contribution in [0.1, 0.15) is 32.4 Å². The van der Waals surface area contributed by atoms with Crippen LogP contribution in [0, 0.1) is 11.8 Å². The molecular formula is C18H24N2O. The molecule has 0 radical (unpaired) electrons. The molecule has 112 valence electrons. The summed E-state index contributed by atoms with van der Waals surface area (Å²) in [4.78, 5) is 12.2. The largest absolute Gasteiger partial charge is 0.348 e. The number of amides is 1. The molecule has 0 spiro atoms. The quantitative estimate of drug-likeness (QED) is 0.885. The zero-order chi connectivity index (χ0) is 15.4. The van der Waals surface area contributed by atoms with Crippen molar-refractivity contribution in [2.45, 2.75) is 26.8 Å². The van der Waals surface area contributed by atoms with Crippen molar-refractivity contribution >= 4 is 16.7 Å². The van der Waals surface area contributed by atoms with E-state index in [4.69, 9.17) is 5.73 Å². The first-order valence-corrected chi connectivity index (χ1v) is 7.52. The first-order chi connectivity index (χ1) is 10.0. The van der Waals surface area contributed by atoms with E-state index in [0.717, 1.165) is 5.56 Å². The fourth-order valence-electron chi connectivity index (χ4n) is 2.31. The Morgan fingerprint density at radius 2 is 1.76 bits per heavy atom. The molecule has 2 aromatic carbocycles. The van der Waals surface area contributed by atoms with Crippen molar-refractivity contribution in [3.8, 4) is 0 Å². The third-order valence-electron chi connectivity index (χ3n) is 4.14. The molecule has 0 aliphatic heterocycles. The predicted molar refractivity (Wildman–Crippen MR) is 87.9 cm³/mol. The van der Waals surface area contributed by atoms with Crippen molar-refractivity contribution in [1.29, 1.82) is 0 Å². The molecule has 0 aliphatic carbocycles. The van der Waals surface area contributed by atoms with Gasteiger partial charge in [-0.3, -0.25) is 4.79 Å². The van der Waals surface area contributed by atoms with Crippen LogP contribution in [0.5, 0.6) is 0 Å². The van der Waals surface area contributed by atoms with E-state index in [1.54, 1.807) is 0 Å².